The molecule has 2 heterocycles. The van der Waals surface area contributed by atoms with Gasteiger partial charge in [0.1, 0.15) is 0 Å². The van der Waals surface area contributed by atoms with Crippen LogP contribution in [-0.4, -0.2) is 52.9 Å². The van der Waals surface area contributed by atoms with E-state index in [2.05, 4.69) is 30.8 Å². The van der Waals surface area contributed by atoms with Gasteiger partial charge in [-0.05, 0) is 27.0 Å². The molecule has 0 spiro atoms. The van der Waals surface area contributed by atoms with Gasteiger partial charge in [0.2, 0.25) is 0 Å². The number of likely N-dealkylation sites (N-methyl/N-ethyl adjacent to an activating group) is 1. The van der Waals surface area contributed by atoms with E-state index in [0.717, 1.165) is 13.1 Å². The largest absolute Gasteiger partial charge is 0.331 e. The Hall–Kier alpha value is -1.13. The number of carbonyl (C=O) groups is 1. The zero-order valence-corrected chi connectivity index (χ0v) is 11.7. The molecule has 0 radical (unpaired) electrons. The third-order valence-electron chi connectivity index (χ3n) is 3.34. The van der Waals surface area contributed by atoms with E-state index >= 15 is 0 Å². The fourth-order valence-electron chi connectivity index (χ4n) is 2.68. The van der Waals surface area contributed by atoms with Gasteiger partial charge in [-0.2, -0.15) is 0 Å². The lowest BCUT2D eigenvalue weighted by Crippen LogP contribution is -2.57. The van der Waals surface area contributed by atoms with Crippen molar-refractivity contribution in [3.05, 3.63) is 29.0 Å². The number of hydrogen-bond acceptors (Lipinski definition) is 3. The highest BCUT2D eigenvalue weighted by Crippen LogP contribution is 2.21. The molecule has 2 rings (SSSR count). The minimum absolute atomic E-state index is 0.00417. The second-order valence-electron chi connectivity index (χ2n) is 4.99. The summed E-state index contributed by atoms with van der Waals surface area (Å²) in [4.78, 5) is 20.6. The molecule has 2 unspecified atom stereocenters. The van der Waals surface area contributed by atoms with Crippen molar-refractivity contribution in [1.82, 2.24) is 14.8 Å². The van der Waals surface area contributed by atoms with E-state index in [0.29, 0.717) is 10.6 Å². The average Bonchev–Trinajstić information content (AvgIpc) is 2.27. The van der Waals surface area contributed by atoms with Gasteiger partial charge in [-0.15, -0.1) is 0 Å². The highest BCUT2D eigenvalue weighted by atomic mass is 35.5. The van der Waals surface area contributed by atoms with Crippen molar-refractivity contribution >= 4 is 17.5 Å². The van der Waals surface area contributed by atoms with Crippen molar-refractivity contribution in [1.29, 1.82) is 0 Å². The standard InChI is InChI=1S/C13H18ClN3O/c1-9-7-16(3)8-10(2)17(9)13(18)11-4-5-15-6-12(11)14/h4-6,9-10H,7-8H2,1-3H3. The van der Waals surface area contributed by atoms with Crippen molar-refractivity contribution in [2.24, 2.45) is 0 Å². The number of nitrogens with zero attached hydrogens (tertiary/aromatic N) is 3. The molecule has 18 heavy (non-hydrogen) atoms. The second kappa shape index (κ2) is 5.24. The maximum absolute atomic E-state index is 12.5. The molecule has 5 heteroatoms. The minimum Gasteiger partial charge on any atom is -0.331 e. The monoisotopic (exact) mass is 267 g/mol. The van der Waals surface area contributed by atoms with E-state index in [-0.39, 0.29) is 18.0 Å². The molecule has 0 saturated carbocycles. The molecule has 0 bridgehead atoms. The summed E-state index contributed by atoms with van der Waals surface area (Å²) in [5, 5.41) is 0.417. The van der Waals surface area contributed by atoms with Crippen LogP contribution in [0.5, 0.6) is 0 Å². The predicted octanol–water partition coefficient (Wildman–Crippen LogP) is 1.90. The van der Waals surface area contributed by atoms with Crippen LogP contribution in [0.2, 0.25) is 5.02 Å². The van der Waals surface area contributed by atoms with Crippen molar-refractivity contribution in [2.75, 3.05) is 20.1 Å². The summed E-state index contributed by atoms with van der Waals surface area (Å²) in [5.74, 6) is -0.00417. The van der Waals surface area contributed by atoms with Gasteiger partial charge in [0.15, 0.2) is 0 Å². The van der Waals surface area contributed by atoms with Gasteiger partial charge < -0.3 is 9.80 Å². The van der Waals surface area contributed by atoms with Gasteiger partial charge in [-0.3, -0.25) is 9.78 Å². The zero-order chi connectivity index (χ0) is 13.3. The van der Waals surface area contributed by atoms with Crippen LogP contribution >= 0.6 is 11.6 Å². The maximum atomic E-state index is 12.5. The number of piperazine rings is 1. The first-order valence-corrected chi connectivity index (χ1v) is 6.49. The average molecular weight is 268 g/mol. The Bertz CT molecular complexity index is 440. The number of halogens is 1. The molecule has 0 aliphatic carbocycles. The van der Waals surface area contributed by atoms with Crippen molar-refractivity contribution in [3.8, 4) is 0 Å². The van der Waals surface area contributed by atoms with E-state index < -0.39 is 0 Å². The molecule has 0 N–H and O–H groups in total. The fraction of sp³-hybridized carbons (Fsp3) is 0.538. The summed E-state index contributed by atoms with van der Waals surface area (Å²) in [6, 6.07) is 2.06. The first-order chi connectivity index (χ1) is 8.50. The van der Waals surface area contributed by atoms with E-state index in [4.69, 9.17) is 11.6 Å². The number of carbonyl (C=O) groups excluding carboxylic acids is 1. The third kappa shape index (κ3) is 2.49. The Morgan fingerprint density at radius 1 is 1.39 bits per heavy atom. The fourth-order valence-corrected chi connectivity index (χ4v) is 2.88. The Morgan fingerprint density at radius 2 is 2.00 bits per heavy atom. The summed E-state index contributed by atoms with van der Waals surface area (Å²) in [5.41, 5.74) is 0.537. The van der Waals surface area contributed by atoms with Gasteiger partial charge in [0.25, 0.3) is 5.91 Å². The molecule has 1 aliphatic heterocycles. The van der Waals surface area contributed by atoms with Crippen molar-refractivity contribution in [3.63, 3.8) is 0 Å². The number of aromatic nitrogens is 1. The smallest absolute Gasteiger partial charge is 0.256 e. The molecule has 1 saturated heterocycles. The minimum atomic E-state index is -0.00417. The molecular weight excluding hydrogens is 250 g/mol. The maximum Gasteiger partial charge on any atom is 0.256 e. The van der Waals surface area contributed by atoms with Crippen LogP contribution in [0.3, 0.4) is 0 Å². The Balaban J connectivity index is 2.26. The summed E-state index contributed by atoms with van der Waals surface area (Å²) in [6.45, 7) is 5.91. The Labute approximate surface area is 113 Å². The van der Waals surface area contributed by atoms with Crippen LogP contribution < -0.4 is 0 Å². The number of amides is 1. The summed E-state index contributed by atoms with van der Waals surface area (Å²) in [6.07, 6.45) is 3.12. The third-order valence-corrected chi connectivity index (χ3v) is 3.64. The van der Waals surface area contributed by atoms with E-state index in [1.165, 1.54) is 6.20 Å². The van der Waals surface area contributed by atoms with Gasteiger partial charge in [0.05, 0.1) is 10.6 Å². The molecule has 1 aromatic heterocycles. The quantitative estimate of drug-likeness (QED) is 0.780. The van der Waals surface area contributed by atoms with Gasteiger partial charge in [0, 0.05) is 37.6 Å². The topological polar surface area (TPSA) is 36.4 Å². The molecule has 1 aliphatic rings. The van der Waals surface area contributed by atoms with Gasteiger partial charge >= 0.3 is 0 Å². The molecule has 1 amide bonds. The molecule has 4 nitrogen and oxygen atoms in total. The van der Waals surface area contributed by atoms with Crippen LogP contribution in [0.25, 0.3) is 0 Å². The Morgan fingerprint density at radius 3 is 2.56 bits per heavy atom. The van der Waals surface area contributed by atoms with Crippen LogP contribution in [-0.2, 0) is 0 Å². The lowest BCUT2D eigenvalue weighted by atomic mass is 10.1. The zero-order valence-electron chi connectivity index (χ0n) is 10.9. The predicted molar refractivity (Wildman–Crippen MR) is 71.8 cm³/mol. The van der Waals surface area contributed by atoms with Gasteiger partial charge in [-0.25, -0.2) is 0 Å². The van der Waals surface area contributed by atoms with Crippen LogP contribution in [0, 0.1) is 0 Å². The normalized spacial score (nSPS) is 25.2. The van der Waals surface area contributed by atoms with Crippen LogP contribution in [0.4, 0.5) is 0 Å². The molecule has 1 fully saturated rings. The van der Waals surface area contributed by atoms with E-state index in [1.807, 2.05) is 4.90 Å². The van der Waals surface area contributed by atoms with E-state index in [1.54, 1.807) is 12.3 Å². The molecular formula is C13H18ClN3O. The van der Waals surface area contributed by atoms with E-state index in [9.17, 15) is 4.79 Å². The van der Waals surface area contributed by atoms with Crippen LogP contribution in [0.1, 0.15) is 24.2 Å². The number of rotatable bonds is 1. The van der Waals surface area contributed by atoms with Crippen molar-refractivity contribution < 1.29 is 4.79 Å². The summed E-state index contributed by atoms with van der Waals surface area (Å²) >= 11 is 6.04. The summed E-state index contributed by atoms with van der Waals surface area (Å²) in [7, 11) is 2.08. The summed E-state index contributed by atoms with van der Waals surface area (Å²) < 4.78 is 0. The number of pyridine rings is 1. The van der Waals surface area contributed by atoms with Crippen LogP contribution in [0.15, 0.2) is 18.5 Å². The Kier molecular flexibility index (Phi) is 3.88. The number of hydrogen-bond donors (Lipinski definition) is 0. The second-order valence-corrected chi connectivity index (χ2v) is 5.39. The molecule has 1 aromatic rings. The molecule has 0 aromatic carbocycles. The molecule has 2 atom stereocenters. The lowest BCUT2D eigenvalue weighted by Gasteiger charge is -2.43. The highest BCUT2D eigenvalue weighted by Gasteiger charge is 2.32. The highest BCUT2D eigenvalue weighted by molar-refractivity contribution is 6.33. The first-order valence-electron chi connectivity index (χ1n) is 6.11. The van der Waals surface area contributed by atoms with Crippen molar-refractivity contribution in [2.45, 2.75) is 25.9 Å². The van der Waals surface area contributed by atoms with Gasteiger partial charge in [-0.1, -0.05) is 11.6 Å². The molecule has 98 valence electrons. The SMILES string of the molecule is CC1CN(C)CC(C)N1C(=O)c1ccncc1Cl. The lowest BCUT2D eigenvalue weighted by molar-refractivity contribution is 0.0350. The first kappa shape index (κ1) is 13.3.